The predicted octanol–water partition coefficient (Wildman–Crippen LogP) is 9.13. The van der Waals surface area contributed by atoms with Gasteiger partial charge in [-0.3, -0.25) is 9.69 Å². The zero-order valence-electron chi connectivity index (χ0n) is 24.8. The van der Waals surface area contributed by atoms with Crippen molar-refractivity contribution in [3.8, 4) is 0 Å². The number of carbonyl (C=O) groups is 1. The molecule has 2 aliphatic rings. The molecule has 0 saturated carbocycles. The molecule has 1 fully saturated rings. The molecule has 4 rings (SSSR count). The summed E-state index contributed by atoms with van der Waals surface area (Å²) in [4.78, 5) is 25.5. The standard InChI is InChI=1S/C34H49ClN4O/c1-3-4-5-6-7-8-9-10-11-12-13-14-15-20-33(40)39-31-19-17-16-18-29(31)34(38-25-23-37(2)24-26-38)36-30-27-28(35)21-22-32(30)39/h16-19,21-22,27H,3-15,20,23-26H2,1-2H3. The van der Waals surface area contributed by atoms with E-state index in [1.807, 2.05) is 35.2 Å². The summed E-state index contributed by atoms with van der Waals surface area (Å²) in [5.41, 5.74) is 3.51. The number of anilines is 2. The van der Waals surface area contributed by atoms with Gasteiger partial charge in [-0.1, -0.05) is 108 Å². The number of piperazine rings is 1. The van der Waals surface area contributed by atoms with Gasteiger partial charge in [-0.05, 0) is 43.8 Å². The molecule has 0 bridgehead atoms. The third-order valence-electron chi connectivity index (χ3n) is 8.34. The highest BCUT2D eigenvalue weighted by Crippen LogP contribution is 2.42. The maximum absolute atomic E-state index is 13.8. The zero-order chi connectivity index (χ0) is 28.2. The number of likely N-dealkylation sites (N-methyl/N-ethyl adjacent to an activating group) is 1. The fourth-order valence-corrected chi connectivity index (χ4v) is 6.04. The Morgan fingerprint density at radius 1 is 0.775 bits per heavy atom. The number of fused-ring (bicyclic) bond motifs is 2. The van der Waals surface area contributed by atoms with Crippen molar-refractivity contribution in [2.24, 2.45) is 4.99 Å². The largest absolute Gasteiger partial charge is 0.353 e. The molecular formula is C34H49ClN4O. The van der Waals surface area contributed by atoms with Crippen LogP contribution in [0, 0.1) is 0 Å². The minimum atomic E-state index is 0.133. The van der Waals surface area contributed by atoms with Crippen LogP contribution in [0.25, 0.3) is 0 Å². The number of carbonyl (C=O) groups excluding carboxylic acids is 1. The van der Waals surface area contributed by atoms with Gasteiger partial charge in [0, 0.05) is 43.2 Å². The van der Waals surface area contributed by atoms with E-state index in [4.69, 9.17) is 16.6 Å². The van der Waals surface area contributed by atoms with Gasteiger partial charge < -0.3 is 9.80 Å². The molecule has 5 nitrogen and oxygen atoms in total. The van der Waals surface area contributed by atoms with Gasteiger partial charge >= 0.3 is 0 Å². The molecule has 0 N–H and O–H groups in total. The fraction of sp³-hybridized carbons (Fsp3) is 0.588. The van der Waals surface area contributed by atoms with Gasteiger partial charge in [0.15, 0.2) is 0 Å². The van der Waals surface area contributed by atoms with E-state index < -0.39 is 0 Å². The molecule has 1 saturated heterocycles. The first-order valence-corrected chi connectivity index (χ1v) is 16.2. The first-order chi connectivity index (χ1) is 19.6. The minimum Gasteiger partial charge on any atom is -0.353 e. The number of amides is 1. The van der Waals surface area contributed by atoms with E-state index in [9.17, 15) is 4.79 Å². The van der Waals surface area contributed by atoms with Crippen LogP contribution in [0.5, 0.6) is 0 Å². The molecule has 0 aliphatic carbocycles. The molecule has 0 atom stereocenters. The minimum absolute atomic E-state index is 0.133. The van der Waals surface area contributed by atoms with Crippen molar-refractivity contribution in [2.45, 2.75) is 96.8 Å². The number of amidine groups is 1. The van der Waals surface area contributed by atoms with Crippen LogP contribution in [0.4, 0.5) is 17.1 Å². The van der Waals surface area contributed by atoms with E-state index in [0.717, 1.165) is 67.5 Å². The van der Waals surface area contributed by atoms with Crippen LogP contribution >= 0.6 is 11.6 Å². The number of rotatable bonds is 14. The summed E-state index contributed by atoms with van der Waals surface area (Å²) in [5, 5.41) is 0.634. The van der Waals surface area contributed by atoms with Gasteiger partial charge in [-0.2, -0.15) is 0 Å². The third kappa shape index (κ3) is 8.57. The van der Waals surface area contributed by atoms with Crippen LogP contribution in [-0.4, -0.2) is 54.8 Å². The monoisotopic (exact) mass is 564 g/mol. The van der Waals surface area contributed by atoms with Gasteiger partial charge in [0.25, 0.3) is 0 Å². The summed E-state index contributed by atoms with van der Waals surface area (Å²) in [6.07, 6.45) is 17.4. The van der Waals surface area contributed by atoms with Crippen LogP contribution in [0.3, 0.4) is 0 Å². The second-order valence-electron chi connectivity index (χ2n) is 11.6. The summed E-state index contributed by atoms with van der Waals surface area (Å²) in [6, 6.07) is 13.9. The molecule has 0 unspecified atom stereocenters. The molecule has 6 heteroatoms. The smallest absolute Gasteiger partial charge is 0.231 e. The number of hydrogen-bond donors (Lipinski definition) is 0. The van der Waals surface area contributed by atoms with Crippen molar-refractivity contribution in [3.05, 3.63) is 53.1 Å². The van der Waals surface area contributed by atoms with Crippen molar-refractivity contribution in [3.63, 3.8) is 0 Å². The summed E-state index contributed by atoms with van der Waals surface area (Å²) in [5.74, 6) is 1.07. The summed E-state index contributed by atoms with van der Waals surface area (Å²) in [6.45, 7) is 6.08. The molecule has 40 heavy (non-hydrogen) atoms. The molecule has 2 aliphatic heterocycles. The van der Waals surface area contributed by atoms with Gasteiger partial charge in [0.2, 0.25) is 5.91 Å². The Labute approximate surface area is 247 Å². The zero-order valence-corrected chi connectivity index (χ0v) is 25.6. The van der Waals surface area contributed by atoms with Crippen molar-refractivity contribution in [2.75, 3.05) is 38.1 Å². The Hall–Kier alpha value is -2.37. The van der Waals surface area contributed by atoms with Crippen LogP contribution in [0.15, 0.2) is 47.5 Å². The molecule has 2 heterocycles. The van der Waals surface area contributed by atoms with E-state index >= 15 is 0 Å². The average molecular weight is 565 g/mol. The average Bonchev–Trinajstić information content (AvgIpc) is 3.10. The Morgan fingerprint density at radius 2 is 1.38 bits per heavy atom. The van der Waals surface area contributed by atoms with Gasteiger partial charge in [-0.25, -0.2) is 4.99 Å². The van der Waals surface area contributed by atoms with Gasteiger partial charge in [0.1, 0.15) is 5.84 Å². The first-order valence-electron chi connectivity index (χ1n) is 15.8. The Morgan fingerprint density at radius 3 is 2.02 bits per heavy atom. The van der Waals surface area contributed by atoms with Crippen molar-refractivity contribution in [1.82, 2.24) is 9.80 Å². The number of aliphatic imine (C=N–C) groups is 1. The topological polar surface area (TPSA) is 39.2 Å². The number of hydrogen-bond acceptors (Lipinski definition) is 4. The van der Waals surface area contributed by atoms with Crippen LogP contribution in [-0.2, 0) is 4.79 Å². The number of unbranched alkanes of at least 4 members (excludes halogenated alkanes) is 12. The van der Waals surface area contributed by atoms with E-state index in [1.54, 1.807) is 0 Å². The van der Waals surface area contributed by atoms with Crippen LogP contribution in [0.2, 0.25) is 5.02 Å². The van der Waals surface area contributed by atoms with Gasteiger partial charge in [-0.15, -0.1) is 0 Å². The second-order valence-corrected chi connectivity index (χ2v) is 12.0. The highest BCUT2D eigenvalue weighted by atomic mass is 35.5. The molecule has 0 aromatic heterocycles. The quantitative estimate of drug-likeness (QED) is 0.215. The lowest BCUT2D eigenvalue weighted by Gasteiger charge is -2.35. The second kappa shape index (κ2) is 16.2. The lowest BCUT2D eigenvalue weighted by molar-refractivity contribution is -0.118. The lowest BCUT2D eigenvalue weighted by Crippen LogP contribution is -2.47. The SMILES string of the molecule is CCCCCCCCCCCCCCCC(=O)N1c2ccc(Cl)cc2N=C(N2CCN(C)CC2)c2ccccc21. The molecule has 2 aromatic carbocycles. The highest BCUT2D eigenvalue weighted by molar-refractivity contribution is 6.31. The maximum Gasteiger partial charge on any atom is 0.231 e. The number of benzene rings is 2. The first kappa shape index (κ1) is 30.6. The third-order valence-corrected chi connectivity index (χ3v) is 8.57. The number of halogens is 1. The van der Waals surface area contributed by atoms with E-state index in [1.165, 1.54) is 70.6 Å². The van der Waals surface area contributed by atoms with E-state index in [2.05, 4.69) is 35.9 Å². The molecule has 2 aromatic rings. The number of nitrogens with zero attached hydrogens (tertiary/aromatic N) is 4. The normalized spacial score (nSPS) is 15.4. The summed E-state index contributed by atoms with van der Waals surface area (Å²) >= 11 is 6.43. The van der Waals surface area contributed by atoms with E-state index in [0.29, 0.717) is 11.4 Å². The Balaban J connectivity index is 1.34. The number of para-hydroxylation sites is 1. The Kier molecular flexibility index (Phi) is 12.4. The molecule has 0 radical (unpaired) electrons. The van der Waals surface area contributed by atoms with Crippen molar-refractivity contribution < 1.29 is 4.79 Å². The lowest BCUT2D eigenvalue weighted by atomic mass is 10.0. The van der Waals surface area contributed by atoms with Crippen molar-refractivity contribution >= 4 is 40.4 Å². The molecular weight excluding hydrogens is 516 g/mol. The summed E-state index contributed by atoms with van der Waals surface area (Å²) in [7, 11) is 2.16. The molecule has 0 spiro atoms. The Bertz CT molecular complexity index is 1110. The predicted molar refractivity (Wildman–Crippen MR) is 171 cm³/mol. The highest BCUT2D eigenvalue weighted by Gasteiger charge is 2.30. The van der Waals surface area contributed by atoms with Crippen LogP contribution < -0.4 is 4.90 Å². The van der Waals surface area contributed by atoms with Gasteiger partial charge in [0.05, 0.1) is 17.1 Å². The maximum atomic E-state index is 13.8. The molecule has 1 amide bonds. The van der Waals surface area contributed by atoms with Crippen LogP contribution in [0.1, 0.15) is 102 Å². The molecule has 218 valence electrons. The summed E-state index contributed by atoms with van der Waals surface area (Å²) < 4.78 is 0. The van der Waals surface area contributed by atoms with E-state index in [-0.39, 0.29) is 5.91 Å². The van der Waals surface area contributed by atoms with Crippen molar-refractivity contribution in [1.29, 1.82) is 0 Å². The fourth-order valence-electron chi connectivity index (χ4n) is 5.87.